The molecule has 1 aromatic heterocycles. The molecule has 0 fully saturated rings. The van der Waals surface area contributed by atoms with Gasteiger partial charge < -0.3 is 10.2 Å². The molecule has 0 bridgehead atoms. The number of hydrogen-bond acceptors (Lipinski definition) is 4. The summed E-state index contributed by atoms with van der Waals surface area (Å²) in [5, 5.41) is 5.91. The van der Waals surface area contributed by atoms with E-state index >= 15 is 0 Å². The van der Waals surface area contributed by atoms with Gasteiger partial charge >= 0.3 is 0 Å². The van der Waals surface area contributed by atoms with E-state index in [4.69, 9.17) is 28.2 Å². The van der Waals surface area contributed by atoms with E-state index < -0.39 is 0 Å². The molecule has 0 radical (unpaired) electrons. The zero-order valence-corrected chi connectivity index (χ0v) is 19.9. The van der Waals surface area contributed by atoms with E-state index in [-0.39, 0.29) is 0 Å². The molecule has 3 rings (SSSR count). The van der Waals surface area contributed by atoms with E-state index in [1.807, 2.05) is 54.6 Å². The molecule has 1 heterocycles. The van der Waals surface area contributed by atoms with Gasteiger partial charge in [0.25, 0.3) is 0 Å². The van der Waals surface area contributed by atoms with Gasteiger partial charge in [-0.2, -0.15) is 0 Å². The van der Waals surface area contributed by atoms with Crippen molar-refractivity contribution < 1.29 is 0 Å². The lowest BCUT2D eigenvalue weighted by molar-refractivity contribution is 0.295. The summed E-state index contributed by atoms with van der Waals surface area (Å²) in [7, 11) is 0. The molecule has 0 saturated carbocycles. The second-order valence-corrected chi connectivity index (χ2v) is 8.50. The van der Waals surface area contributed by atoms with Crippen molar-refractivity contribution in [2.24, 2.45) is 0 Å². The summed E-state index contributed by atoms with van der Waals surface area (Å²) in [6.07, 6.45) is 6.04. The van der Waals surface area contributed by atoms with E-state index in [1.54, 1.807) is 0 Å². The van der Waals surface area contributed by atoms with Crippen molar-refractivity contribution in [1.29, 1.82) is 0 Å². The van der Waals surface area contributed by atoms with Crippen molar-refractivity contribution in [2.75, 3.05) is 25.0 Å². The van der Waals surface area contributed by atoms with Crippen molar-refractivity contribution >= 4 is 52.1 Å². The van der Waals surface area contributed by atoms with Gasteiger partial charge in [0, 0.05) is 21.5 Å². The number of anilines is 1. The fourth-order valence-electron chi connectivity index (χ4n) is 3.55. The molecule has 0 aliphatic rings. The molecule has 0 amide bonds. The standard InChI is InChI=1S/C25H30Cl2N4/c1-4-31(5-2)16-8-9-18(3)28-25-21-14-13-20(26)17-23(21)29-24(30-25)15-12-19-10-6-7-11-22(19)27/h6-7,10-15,17-18H,4-5,8-9,16H2,1-3H3,(H,28,29,30). The van der Waals surface area contributed by atoms with Crippen LogP contribution in [0.5, 0.6) is 0 Å². The van der Waals surface area contributed by atoms with E-state index in [0.717, 1.165) is 54.8 Å². The Bertz CT molecular complexity index is 1030. The third kappa shape index (κ3) is 6.67. The number of hydrogen-bond donors (Lipinski definition) is 1. The van der Waals surface area contributed by atoms with Crippen LogP contribution in [0.1, 0.15) is 45.0 Å². The van der Waals surface area contributed by atoms with E-state index in [0.29, 0.717) is 21.9 Å². The van der Waals surface area contributed by atoms with Crippen molar-refractivity contribution in [3.05, 3.63) is 63.9 Å². The fourth-order valence-corrected chi connectivity index (χ4v) is 3.91. The predicted molar refractivity (Wildman–Crippen MR) is 135 cm³/mol. The maximum atomic E-state index is 6.27. The van der Waals surface area contributed by atoms with Crippen LogP contribution < -0.4 is 5.32 Å². The molecule has 1 N–H and O–H groups in total. The molecule has 0 aliphatic carbocycles. The average Bonchev–Trinajstić information content (AvgIpc) is 2.76. The lowest BCUT2D eigenvalue weighted by atomic mass is 10.1. The van der Waals surface area contributed by atoms with E-state index in [1.165, 1.54) is 0 Å². The predicted octanol–water partition coefficient (Wildman–Crippen LogP) is 7.03. The first-order valence-corrected chi connectivity index (χ1v) is 11.6. The summed E-state index contributed by atoms with van der Waals surface area (Å²) in [6, 6.07) is 13.7. The highest BCUT2D eigenvalue weighted by molar-refractivity contribution is 6.32. The topological polar surface area (TPSA) is 41.0 Å². The van der Waals surface area contributed by atoms with Crippen molar-refractivity contribution in [1.82, 2.24) is 14.9 Å². The summed E-state index contributed by atoms with van der Waals surface area (Å²) in [4.78, 5) is 11.9. The largest absolute Gasteiger partial charge is 0.367 e. The molecule has 1 atom stereocenters. The quantitative estimate of drug-likeness (QED) is 0.355. The third-order valence-electron chi connectivity index (χ3n) is 5.38. The Morgan fingerprint density at radius 3 is 2.55 bits per heavy atom. The van der Waals surface area contributed by atoms with Crippen molar-refractivity contribution in [2.45, 2.75) is 39.7 Å². The Labute approximate surface area is 195 Å². The number of fused-ring (bicyclic) bond motifs is 1. The number of rotatable bonds is 10. The SMILES string of the molecule is CCN(CC)CCCC(C)Nc1nc(C=Cc2ccccc2Cl)nc2cc(Cl)ccc12. The zero-order chi connectivity index (χ0) is 22.2. The highest BCUT2D eigenvalue weighted by Gasteiger charge is 2.11. The van der Waals surface area contributed by atoms with Crippen LogP contribution in [-0.4, -0.2) is 40.5 Å². The molecule has 1 unspecified atom stereocenters. The molecule has 6 heteroatoms. The van der Waals surface area contributed by atoms with Crippen LogP contribution in [0, 0.1) is 0 Å². The maximum absolute atomic E-state index is 6.27. The van der Waals surface area contributed by atoms with Gasteiger partial charge in [-0.25, -0.2) is 9.97 Å². The van der Waals surface area contributed by atoms with Crippen LogP contribution in [-0.2, 0) is 0 Å². The van der Waals surface area contributed by atoms with E-state index in [9.17, 15) is 0 Å². The molecule has 4 nitrogen and oxygen atoms in total. The molecule has 0 spiro atoms. The number of aromatic nitrogens is 2. The normalized spacial score (nSPS) is 12.7. The highest BCUT2D eigenvalue weighted by Crippen LogP contribution is 2.26. The van der Waals surface area contributed by atoms with Crippen LogP contribution in [0.15, 0.2) is 42.5 Å². The average molecular weight is 457 g/mol. The van der Waals surface area contributed by atoms with Crippen LogP contribution >= 0.6 is 23.2 Å². The smallest absolute Gasteiger partial charge is 0.154 e. The minimum Gasteiger partial charge on any atom is -0.367 e. The van der Waals surface area contributed by atoms with Gasteiger partial charge in [-0.1, -0.05) is 55.2 Å². The zero-order valence-electron chi connectivity index (χ0n) is 18.4. The number of nitrogens with one attached hydrogen (secondary N) is 1. The second kappa shape index (κ2) is 11.5. The van der Waals surface area contributed by atoms with Crippen LogP contribution in [0.25, 0.3) is 23.1 Å². The summed E-state index contributed by atoms with van der Waals surface area (Å²) < 4.78 is 0. The van der Waals surface area contributed by atoms with Gasteiger partial charge in [0.2, 0.25) is 0 Å². The van der Waals surface area contributed by atoms with Crippen molar-refractivity contribution in [3.63, 3.8) is 0 Å². The first-order chi connectivity index (χ1) is 15.0. The van der Waals surface area contributed by atoms with E-state index in [2.05, 4.69) is 36.0 Å². The monoisotopic (exact) mass is 456 g/mol. The number of nitrogens with zero attached hydrogens (tertiary/aromatic N) is 3. The first kappa shape index (κ1) is 23.5. The van der Waals surface area contributed by atoms with Crippen LogP contribution in [0.3, 0.4) is 0 Å². The molecule has 0 saturated heterocycles. The van der Waals surface area contributed by atoms with Crippen molar-refractivity contribution in [3.8, 4) is 0 Å². The number of halogens is 2. The van der Waals surface area contributed by atoms with Crippen LogP contribution in [0.4, 0.5) is 5.82 Å². The van der Waals surface area contributed by atoms with Gasteiger partial charge in [0.1, 0.15) is 5.82 Å². The summed E-state index contributed by atoms with van der Waals surface area (Å²) in [6.45, 7) is 9.92. The third-order valence-corrected chi connectivity index (χ3v) is 5.96. The summed E-state index contributed by atoms with van der Waals surface area (Å²) in [5.74, 6) is 1.45. The number of benzene rings is 2. The molecule has 0 aliphatic heterocycles. The Balaban J connectivity index is 1.81. The fraction of sp³-hybridized carbons (Fsp3) is 0.360. The molecule has 3 aromatic rings. The van der Waals surface area contributed by atoms with Gasteiger partial charge in [-0.3, -0.25) is 0 Å². The molecule has 164 valence electrons. The molecule has 2 aromatic carbocycles. The minimum atomic E-state index is 0.296. The second-order valence-electron chi connectivity index (χ2n) is 7.66. The Morgan fingerprint density at radius 2 is 1.81 bits per heavy atom. The summed E-state index contributed by atoms with van der Waals surface area (Å²) in [5.41, 5.74) is 1.75. The van der Waals surface area contributed by atoms with Gasteiger partial charge in [0.15, 0.2) is 5.82 Å². The Kier molecular flexibility index (Phi) is 8.70. The van der Waals surface area contributed by atoms with Crippen LogP contribution in [0.2, 0.25) is 10.0 Å². The lowest BCUT2D eigenvalue weighted by Gasteiger charge is -2.20. The molecular formula is C25H30Cl2N4. The first-order valence-electron chi connectivity index (χ1n) is 10.9. The Morgan fingerprint density at radius 1 is 1.03 bits per heavy atom. The van der Waals surface area contributed by atoms with Gasteiger partial charge in [-0.05, 0) is 81.4 Å². The Hall–Kier alpha value is -2.14. The molecular weight excluding hydrogens is 427 g/mol. The lowest BCUT2D eigenvalue weighted by Crippen LogP contribution is -2.25. The maximum Gasteiger partial charge on any atom is 0.154 e. The summed E-state index contributed by atoms with van der Waals surface area (Å²) >= 11 is 12.5. The van der Waals surface area contributed by atoms with Gasteiger partial charge in [-0.15, -0.1) is 0 Å². The molecule has 31 heavy (non-hydrogen) atoms. The minimum absolute atomic E-state index is 0.296. The van der Waals surface area contributed by atoms with Gasteiger partial charge in [0.05, 0.1) is 5.52 Å². The highest BCUT2D eigenvalue weighted by atomic mass is 35.5.